The molecule has 3 heterocycles. The molecular formula is C23H33N5. The van der Waals surface area contributed by atoms with E-state index in [1.54, 1.807) is 0 Å². The van der Waals surface area contributed by atoms with Crippen molar-refractivity contribution in [3.05, 3.63) is 35.9 Å². The molecule has 4 rings (SSSR count). The summed E-state index contributed by atoms with van der Waals surface area (Å²) in [6.07, 6.45) is 4.54. The second-order valence-electron chi connectivity index (χ2n) is 8.42. The van der Waals surface area contributed by atoms with E-state index in [4.69, 9.17) is 10.7 Å². The Labute approximate surface area is 168 Å². The molecule has 2 aromatic rings. The Morgan fingerprint density at radius 2 is 2.00 bits per heavy atom. The lowest BCUT2D eigenvalue weighted by Gasteiger charge is -2.40. The second-order valence-corrected chi connectivity index (χ2v) is 8.42. The predicted molar refractivity (Wildman–Crippen MR) is 118 cm³/mol. The number of hydrogen-bond donors (Lipinski definition) is 1. The van der Waals surface area contributed by atoms with Gasteiger partial charge in [0.25, 0.3) is 0 Å². The molecule has 0 saturated carbocycles. The van der Waals surface area contributed by atoms with Gasteiger partial charge in [-0.25, -0.2) is 4.98 Å². The van der Waals surface area contributed by atoms with Crippen LogP contribution in [0.15, 0.2) is 35.3 Å². The first kappa shape index (κ1) is 19.3. The SMILES string of the molecule is Cc1ccc2ccc(N3CCN(CCCCC4=NCCC4N)C(C)C3)nc2c1. The van der Waals surface area contributed by atoms with Crippen LogP contribution in [-0.4, -0.2) is 60.4 Å². The van der Waals surface area contributed by atoms with Crippen molar-refractivity contribution in [3.8, 4) is 0 Å². The Morgan fingerprint density at radius 3 is 2.79 bits per heavy atom. The summed E-state index contributed by atoms with van der Waals surface area (Å²) < 4.78 is 0. The highest BCUT2D eigenvalue weighted by Gasteiger charge is 2.24. The molecule has 5 nitrogen and oxygen atoms in total. The van der Waals surface area contributed by atoms with Crippen molar-refractivity contribution in [2.45, 2.75) is 51.6 Å². The Balaban J connectivity index is 1.29. The monoisotopic (exact) mass is 379 g/mol. The van der Waals surface area contributed by atoms with Gasteiger partial charge in [-0.15, -0.1) is 0 Å². The van der Waals surface area contributed by atoms with Crippen LogP contribution in [0.1, 0.15) is 38.2 Å². The average molecular weight is 380 g/mol. The van der Waals surface area contributed by atoms with E-state index in [0.29, 0.717) is 6.04 Å². The molecule has 0 spiro atoms. The minimum Gasteiger partial charge on any atom is -0.354 e. The van der Waals surface area contributed by atoms with Gasteiger partial charge >= 0.3 is 0 Å². The normalized spacial score (nSPS) is 23.4. The fourth-order valence-corrected chi connectivity index (χ4v) is 4.44. The van der Waals surface area contributed by atoms with Crippen LogP contribution in [0.4, 0.5) is 5.82 Å². The summed E-state index contributed by atoms with van der Waals surface area (Å²) in [5.41, 5.74) is 9.69. The quantitative estimate of drug-likeness (QED) is 0.782. The number of piperazine rings is 1. The molecule has 1 aromatic carbocycles. The predicted octanol–water partition coefficient (Wildman–Crippen LogP) is 3.40. The third-order valence-corrected chi connectivity index (χ3v) is 6.23. The standard InChI is InChI=1S/C23H33N5/c1-17-6-7-19-8-9-23(26-22(19)15-17)28-14-13-27(18(2)16-28)12-4-3-5-21-20(24)10-11-25-21/h6-9,15,18,20H,3-5,10-14,16,24H2,1-2H3. The van der Waals surface area contributed by atoms with E-state index in [1.807, 2.05) is 0 Å². The van der Waals surface area contributed by atoms with Gasteiger partial charge in [0, 0.05) is 49.4 Å². The molecule has 2 aliphatic heterocycles. The van der Waals surface area contributed by atoms with E-state index in [0.717, 1.165) is 50.4 Å². The van der Waals surface area contributed by atoms with Gasteiger partial charge in [0.1, 0.15) is 5.82 Å². The first-order valence-electron chi connectivity index (χ1n) is 10.8. The van der Waals surface area contributed by atoms with E-state index >= 15 is 0 Å². The molecule has 1 aromatic heterocycles. The smallest absolute Gasteiger partial charge is 0.129 e. The molecule has 2 atom stereocenters. The van der Waals surface area contributed by atoms with Gasteiger partial charge in [0.2, 0.25) is 0 Å². The molecule has 0 bridgehead atoms. The zero-order valence-corrected chi connectivity index (χ0v) is 17.3. The summed E-state index contributed by atoms with van der Waals surface area (Å²) in [4.78, 5) is 14.5. The van der Waals surface area contributed by atoms with Gasteiger partial charge in [-0.05, 0) is 69.8 Å². The third-order valence-electron chi connectivity index (χ3n) is 6.23. The lowest BCUT2D eigenvalue weighted by molar-refractivity contribution is 0.186. The number of aliphatic imine (C=N–C) groups is 1. The average Bonchev–Trinajstić information content (AvgIpc) is 3.10. The molecule has 1 saturated heterocycles. The van der Waals surface area contributed by atoms with Crippen LogP contribution in [0, 0.1) is 6.92 Å². The van der Waals surface area contributed by atoms with Crippen molar-refractivity contribution in [2.24, 2.45) is 10.7 Å². The number of unbranched alkanes of at least 4 members (excludes halogenated alkanes) is 1. The summed E-state index contributed by atoms with van der Waals surface area (Å²) in [5.74, 6) is 1.11. The number of aryl methyl sites for hydroxylation is 1. The zero-order chi connectivity index (χ0) is 19.5. The van der Waals surface area contributed by atoms with Gasteiger partial charge in [-0.2, -0.15) is 0 Å². The zero-order valence-electron chi connectivity index (χ0n) is 17.3. The fourth-order valence-electron chi connectivity index (χ4n) is 4.44. The molecule has 0 radical (unpaired) electrons. The molecule has 0 amide bonds. The maximum atomic E-state index is 6.09. The topological polar surface area (TPSA) is 57.8 Å². The van der Waals surface area contributed by atoms with E-state index in [-0.39, 0.29) is 6.04 Å². The summed E-state index contributed by atoms with van der Waals surface area (Å²) in [7, 11) is 0. The Kier molecular flexibility index (Phi) is 5.93. The van der Waals surface area contributed by atoms with Crippen LogP contribution in [-0.2, 0) is 0 Å². The number of aromatic nitrogens is 1. The maximum absolute atomic E-state index is 6.09. The van der Waals surface area contributed by atoms with Crippen LogP contribution in [0.5, 0.6) is 0 Å². The molecule has 1 fully saturated rings. The largest absolute Gasteiger partial charge is 0.354 e. The van der Waals surface area contributed by atoms with Crippen LogP contribution in [0.2, 0.25) is 0 Å². The van der Waals surface area contributed by atoms with E-state index < -0.39 is 0 Å². The van der Waals surface area contributed by atoms with Crippen LogP contribution in [0.25, 0.3) is 10.9 Å². The summed E-state index contributed by atoms with van der Waals surface area (Å²) in [5, 5.41) is 1.22. The van der Waals surface area contributed by atoms with Crippen molar-refractivity contribution >= 4 is 22.4 Å². The van der Waals surface area contributed by atoms with Crippen molar-refractivity contribution in [1.29, 1.82) is 0 Å². The highest BCUT2D eigenvalue weighted by Crippen LogP contribution is 2.22. The number of nitrogens with two attached hydrogens (primary N) is 1. The summed E-state index contributed by atoms with van der Waals surface area (Å²) in [6, 6.07) is 11.6. The number of hydrogen-bond acceptors (Lipinski definition) is 5. The highest BCUT2D eigenvalue weighted by atomic mass is 15.3. The first-order valence-corrected chi connectivity index (χ1v) is 10.8. The number of pyridine rings is 1. The Hall–Kier alpha value is -1.98. The van der Waals surface area contributed by atoms with Crippen molar-refractivity contribution in [1.82, 2.24) is 9.88 Å². The molecule has 0 aliphatic carbocycles. The van der Waals surface area contributed by atoms with E-state index in [9.17, 15) is 0 Å². The molecule has 5 heteroatoms. The van der Waals surface area contributed by atoms with Gasteiger partial charge < -0.3 is 10.6 Å². The van der Waals surface area contributed by atoms with Gasteiger partial charge in [0.05, 0.1) is 5.52 Å². The fraction of sp³-hybridized carbons (Fsp3) is 0.565. The second kappa shape index (κ2) is 8.58. The highest BCUT2D eigenvalue weighted by molar-refractivity contribution is 5.90. The number of anilines is 1. The molecule has 2 N–H and O–H groups in total. The van der Waals surface area contributed by atoms with Gasteiger partial charge in [-0.3, -0.25) is 9.89 Å². The number of nitrogens with zero attached hydrogens (tertiary/aromatic N) is 4. The van der Waals surface area contributed by atoms with Crippen molar-refractivity contribution in [2.75, 3.05) is 37.6 Å². The maximum Gasteiger partial charge on any atom is 0.129 e. The number of benzene rings is 1. The Morgan fingerprint density at radius 1 is 1.14 bits per heavy atom. The number of rotatable bonds is 6. The minimum absolute atomic E-state index is 0.223. The van der Waals surface area contributed by atoms with Crippen molar-refractivity contribution in [3.63, 3.8) is 0 Å². The van der Waals surface area contributed by atoms with Crippen LogP contribution in [0.3, 0.4) is 0 Å². The lowest BCUT2D eigenvalue weighted by Crippen LogP contribution is -2.52. The van der Waals surface area contributed by atoms with Gasteiger partial charge in [0.15, 0.2) is 0 Å². The van der Waals surface area contributed by atoms with Crippen LogP contribution < -0.4 is 10.6 Å². The molecule has 2 aliphatic rings. The molecule has 28 heavy (non-hydrogen) atoms. The van der Waals surface area contributed by atoms with Gasteiger partial charge in [-0.1, -0.05) is 12.1 Å². The number of fused-ring (bicyclic) bond motifs is 1. The molecular weight excluding hydrogens is 346 g/mol. The molecule has 2 unspecified atom stereocenters. The summed E-state index contributed by atoms with van der Waals surface area (Å²) >= 11 is 0. The molecule has 150 valence electrons. The Bertz CT molecular complexity index is 846. The minimum atomic E-state index is 0.223. The van der Waals surface area contributed by atoms with Crippen LogP contribution >= 0.6 is 0 Å². The third kappa shape index (κ3) is 4.36. The van der Waals surface area contributed by atoms with E-state index in [2.05, 4.69) is 59.0 Å². The van der Waals surface area contributed by atoms with E-state index in [1.165, 1.54) is 36.0 Å². The lowest BCUT2D eigenvalue weighted by atomic mass is 10.1. The van der Waals surface area contributed by atoms with Crippen molar-refractivity contribution < 1.29 is 0 Å². The first-order chi connectivity index (χ1) is 13.6. The summed E-state index contributed by atoms with van der Waals surface area (Å²) in [6.45, 7) is 9.76.